The maximum atomic E-state index is 4.77. The van der Waals surface area contributed by atoms with Crippen LogP contribution in [0.25, 0.3) is 11.4 Å². The van der Waals surface area contributed by atoms with Gasteiger partial charge >= 0.3 is 0 Å². The van der Waals surface area contributed by atoms with E-state index in [4.69, 9.17) is 4.98 Å². The monoisotopic (exact) mass is 256 g/mol. The van der Waals surface area contributed by atoms with Gasteiger partial charge in [0.25, 0.3) is 0 Å². The standard InChI is InChI=1S/C15H20N4/c1-11-4-3-5-13(10-11)15-17-14(18-19(15)2)12-6-8-16-9-7-12/h3-5,10,12,16H,6-9H2,1-2H3. The van der Waals surface area contributed by atoms with Gasteiger partial charge in [-0.15, -0.1) is 0 Å². The van der Waals surface area contributed by atoms with Crippen molar-refractivity contribution in [1.29, 1.82) is 0 Å². The molecule has 1 aliphatic heterocycles. The summed E-state index contributed by atoms with van der Waals surface area (Å²) in [6.45, 7) is 4.25. The van der Waals surface area contributed by atoms with E-state index in [1.54, 1.807) is 0 Å². The fourth-order valence-electron chi connectivity index (χ4n) is 2.69. The number of piperidine rings is 1. The molecule has 1 fully saturated rings. The lowest BCUT2D eigenvalue weighted by Crippen LogP contribution is -2.27. The fourth-order valence-corrected chi connectivity index (χ4v) is 2.69. The summed E-state index contributed by atoms with van der Waals surface area (Å²) in [5, 5.41) is 8.00. The maximum absolute atomic E-state index is 4.77. The fraction of sp³-hybridized carbons (Fsp3) is 0.467. The van der Waals surface area contributed by atoms with Crippen LogP contribution in [0.1, 0.15) is 30.1 Å². The summed E-state index contributed by atoms with van der Waals surface area (Å²) in [5.41, 5.74) is 2.40. The summed E-state index contributed by atoms with van der Waals surface area (Å²) in [6, 6.07) is 8.44. The van der Waals surface area contributed by atoms with E-state index in [0.717, 1.165) is 43.1 Å². The van der Waals surface area contributed by atoms with Crippen LogP contribution < -0.4 is 5.32 Å². The highest BCUT2D eigenvalue weighted by Crippen LogP contribution is 2.25. The minimum Gasteiger partial charge on any atom is -0.317 e. The van der Waals surface area contributed by atoms with Crippen LogP contribution in [0, 0.1) is 6.92 Å². The molecule has 100 valence electrons. The van der Waals surface area contributed by atoms with E-state index < -0.39 is 0 Å². The van der Waals surface area contributed by atoms with Crippen molar-refractivity contribution in [2.45, 2.75) is 25.7 Å². The van der Waals surface area contributed by atoms with E-state index in [2.05, 4.69) is 41.6 Å². The lowest BCUT2D eigenvalue weighted by molar-refractivity contribution is 0.443. The number of hydrogen-bond donors (Lipinski definition) is 1. The lowest BCUT2D eigenvalue weighted by atomic mass is 9.98. The van der Waals surface area contributed by atoms with Crippen LogP contribution >= 0.6 is 0 Å². The molecular weight excluding hydrogens is 236 g/mol. The van der Waals surface area contributed by atoms with Gasteiger partial charge in [-0.25, -0.2) is 9.67 Å². The van der Waals surface area contributed by atoms with Crippen molar-refractivity contribution in [3.8, 4) is 11.4 Å². The molecule has 0 atom stereocenters. The molecule has 1 aliphatic rings. The van der Waals surface area contributed by atoms with Crippen LogP contribution in [0.5, 0.6) is 0 Å². The minimum absolute atomic E-state index is 0.506. The lowest BCUT2D eigenvalue weighted by Gasteiger charge is -2.19. The molecule has 2 aromatic rings. The number of hydrogen-bond acceptors (Lipinski definition) is 3. The molecule has 0 amide bonds. The Morgan fingerprint density at radius 3 is 2.79 bits per heavy atom. The van der Waals surface area contributed by atoms with Crippen LogP contribution in [0.4, 0.5) is 0 Å². The summed E-state index contributed by atoms with van der Waals surface area (Å²) in [7, 11) is 1.98. The summed E-state index contributed by atoms with van der Waals surface area (Å²) >= 11 is 0. The molecule has 1 saturated heterocycles. The van der Waals surface area contributed by atoms with Crippen LogP contribution in [0.15, 0.2) is 24.3 Å². The zero-order valence-corrected chi connectivity index (χ0v) is 11.6. The van der Waals surface area contributed by atoms with E-state index >= 15 is 0 Å². The second kappa shape index (κ2) is 5.13. The molecule has 1 aromatic carbocycles. The SMILES string of the molecule is Cc1cccc(-c2nc(C3CCNCC3)nn2C)c1. The first-order valence-electron chi connectivity index (χ1n) is 6.93. The normalized spacial score (nSPS) is 16.7. The van der Waals surface area contributed by atoms with Crippen molar-refractivity contribution in [1.82, 2.24) is 20.1 Å². The topological polar surface area (TPSA) is 42.7 Å². The van der Waals surface area contributed by atoms with E-state index in [0.29, 0.717) is 5.92 Å². The summed E-state index contributed by atoms with van der Waals surface area (Å²) < 4.78 is 1.91. The Labute approximate surface area is 113 Å². The van der Waals surface area contributed by atoms with Crippen molar-refractivity contribution in [2.75, 3.05) is 13.1 Å². The highest BCUT2D eigenvalue weighted by Gasteiger charge is 2.21. The molecule has 19 heavy (non-hydrogen) atoms. The van der Waals surface area contributed by atoms with Crippen molar-refractivity contribution in [3.63, 3.8) is 0 Å². The first-order chi connectivity index (χ1) is 9.24. The molecule has 0 saturated carbocycles. The number of nitrogens with one attached hydrogen (secondary N) is 1. The number of nitrogens with zero attached hydrogens (tertiary/aromatic N) is 3. The maximum Gasteiger partial charge on any atom is 0.158 e. The van der Waals surface area contributed by atoms with E-state index in [9.17, 15) is 0 Å². The Bertz CT molecular complexity index is 567. The van der Waals surface area contributed by atoms with Gasteiger partial charge in [0.2, 0.25) is 0 Å². The first-order valence-corrected chi connectivity index (χ1v) is 6.93. The number of rotatable bonds is 2. The average molecular weight is 256 g/mol. The number of benzene rings is 1. The molecule has 0 unspecified atom stereocenters. The third kappa shape index (κ3) is 2.54. The second-order valence-electron chi connectivity index (χ2n) is 5.31. The first kappa shape index (κ1) is 12.4. The van der Waals surface area contributed by atoms with E-state index in [-0.39, 0.29) is 0 Å². The third-order valence-corrected chi connectivity index (χ3v) is 3.76. The highest BCUT2D eigenvalue weighted by atomic mass is 15.3. The van der Waals surface area contributed by atoms with Gasteiger partial charge in [-0.1, -0.05) is 23.8 Å². The molecular formula is C15H20N4. The van der Waals surface area contributed by atoms with Gasteiger partial charge in [0.15, 0.2) is 11.6 Å². The Morgan fingerprint density at radius 1 is 1.26 bits per heavy atom. The van der Waals surface area contributed by atoms with E-state index in [1.165, 1.54) is 5.56 Å². The van der Waals surface area contributed by atoms with E-state index in [1.807, 2.05) is 11.7 Å². The molecule has 0 bridgehead atoms. The Kier molecular flexibility index (Phi) is 3.34. The molecule has 3 rings (SSSR count). The van der Waals surface area contributed by atoms with Crippen molar-refractivity contribution < 1.29 is 0 Å². The van der Waals surface area contributed by atoms with Crippen LogP contribution in [-0.4, -0.2) is 27.9 Å². The molecule has 0 radical (unpaired) electrons. The smallest absolute Gasteiger partial charge is 0.158 e. The quantitative estimate of drug-likeness (QED) is 0.896. The summed E-state index contributed by atoms with van der Waals surface area (Å²) in [4.78, 5) is 4.77. The molecule has 4 nitrogen and oxygen atoms in total. The van der Waals surface area contributed by atoms with Crippen molar-refractivity contribution in [2.24, 2.45) is 7.05 Å². The third-order valence-electron chi connectivity index (χ3n) is 3.76. The Balaban J connectivity index is 1.92. The summed E-state index contributed by atoms with van der Waals surface area (Å²) in [6.07, 6.45) is 2.27. The van der Waals surface area contributed by atoms with Crippen molar-refractivity contribution in [3.05, 3.63) is 35.7 Å². The highest BCUT2D eigenvalue weighted by molar-refractivity contribution is 5.56. The molecule has 0 spiro atoms. The average Bonchev–Trinajstić information content (AvgIpc) is 2.82. The van der Waals surface area contributed by atoms with Gasteiger partial charge in [0, 0.05) is 18.5 Å². The Morgan fingerprint density at radius 2 is 2.05 bits per heavy atom. The predicted molar refractivity (Wildman–Crippen MR) is 76.0 cm³/mol. The predicted octanol–water partition coefficient (Wildman–Crippen LogP) is 2.26. The van der Waals surface area contributed by atoms with Crippen LogP contribution in [0.2, 0.25) is 0 Å². The van der Waals surface area contributed by atoms with Gasteiger partial charge in [0.05, 0.1) is 0 Å². The number of aryl methyl sites for hydroxylation is 2. The second-order valence-corrected chi connectivity index (χ2v) is 5.31. The van der Waals surface area contributed by atoms with Gasteiger partial charge in [0.1, 0.15) is 0 Å². The molecule has 0 aliphatic carbocycles. The van der Waals surface area contributed by atoms with Gasteiger partial charge in [-0.05, 0) is 38.9 Å². The van der Waals surface area contributed by atoms with Gasteiger partial charge < -0.3 is 5.32 Å². The zero-order chi connectivity index (χ0) is 13.2. The Hall–Kier alpha value is -1.68. The molecule has 1 N–H and O–H groups in total. The van der Waals surface area contributed by atoms with Gasteiger partial charge in [-0.2, -0.15) is 5.10 Å². The molecule has 1 aromatic heterocycles. The largest absolute Gasteiger partial charge is 0.317 e. The van der Waals surface area contributed by atoms with Crippen LogP contribution in [-0.2, 0) is 7.05 Å². The zero-order valence-electron chi connectivity index (χ0n) is 11.6. The van der Waals surface area contributed by atoms with Gasteiger partial charge in [-0.3, -0.25) is 0 Å². The summed E-state index contributed by atoms with van der Waals surface area (Å²) in [5.74, 6) is 2.48. The van der Waals surface area contributed by atoms with Crippen molar-refractivity contribution >= 4 is 0 Å². The molecule has 2 heterocycles. The number of aromatic nitrogens is 3. The molecule has 4 heteroatoms. The van der Waals surface area contributed by atoms with Crippen LogP contribution in [0.3, 0.4) is 0 Å². The minimum atomic E-state index is 0.506.